The Morgan fingerprint density at radius 1 is 1.05 bits per heavy atom. The van der Waals surface area contributed by atoms with Crippen LogP contribution in [0.5, 0.6) is 5.75 Å². The summed E-state index contributed by atoms with van der Waals surface area (Å²) in [5, 5.41) is 24.5. The van der Waals surface area contributed by atoms with E-state index in [-0.39, 0.29) is 23.8 Å². The van der Waals surface area contributed by atoms with Gasteiger partial charge < -0.3 is 35.1 Å². The summed E-state index contributed by atoms with van der Waals surface area (Å²) in [6, 6.07) is 15.0. The highest BCUT2D eigenvalue weighted by Crippen LogP contribution is 2.37. The molecule has 0 radical (unpaired) electrons. The van der Waals surface area contributed by atoms with Crippen molar-refractivity contribution in [2.45, 2.75) is 44.6 Å². The molecule has 5 rings (SSSR count). The first-order chi connectivity index (χ1) is 20.9. The van der Waals surface area contributed by atoms with Gasteiger partial charge >= 0.3 is 0 Å². The smallest absolute Gasteiger partial charge is 0.248 e. The number of aromatic hydroxyl groups is 1. The van der Waals surface area contributed by atoms with E-state index < -0.39 is 6.10 Å². The van der Waals surface area contributed by atoms with Crippen LogP contribution in [0.3, 0.4) is 0 Å². The number of aromatic nitrogens is 1. The molecule has 2 heterocycles. The highest BCUT2D eigenvalue weighted by molar-refractivity contribution is 5.87. The van der Waals surface area contributed by atoms with Gasteiger partial charge in [-0.05, 0) is 66.3 Å². The monoisotopic (exact) mass is 590 g/mol. The van der Waals surface area contributed by atoms with Crippen LogP contribution in [0.2, 0.25) is 0 Å². The van der Waals surface area contributed by atoms with E-state index >= 15 is 0 Å². The molecule has 9 heteroatoms. The lowest BCUT2D eigenvalue weighted by molar-refractivity contribution is -0.131. The van der Waals surface area contributed by atoms with E-state index in [1.807, 2.05) is 0 Å². The van der Waals surface area contributed by atoms with Crippen LogP contribution in [0, 0.1) is 11.8 Å². The van der Waals surface area contributed by atoms with Gasteiger partial charge in [0.05, 0.1) is 31.3 Å². The van der Waals surface area contributed by atoms with Crippen LogP contribution in [-0.2, 0) is 22.4 Å². The number of benzene rings is 2. The first-order valence-corrected chi connectivity index (χ1v) is 15.7. The number of ether oxygens (including phenoxy) is 1. The second-order valence-electron chi connectivity index (χ2n) is 12.2. The number of phenols is 1. The third-order valence-corrected chi connectivity index (χ3v) is 9.19. The molecule has 1 unspecified atom stereocenters. The number of carbonyl (C=O) groups is 1. The van der Waals surface area contributed by atoms with Crippen LogP contribution >= 0.6 is 0 Å². The van der Waals surface area contributed by atoms with E-state index in [1.165, 1.54) is 55.6 Å². The van der Waals surface area contributed by atoms with E-state index in [2.05, 4.69) is 39.5 Å². The SMILES string of the molecule is CN(CCNC[C@H](O)c1ccc(O)c2[nH]c(=O)ccc12)C(=O)CCOCCc1ccc(CCN2CC3CCC[C@@H]3C2)cc1. The lowest BCUT2D eigenvalue weighted by Crippen LogP contribution is -2.35. The summed E-state index contributed by atoms with van der Waals surface area (Å²) in [7, 11) is 1.77. The third kappa shape index (κ3) is 8.44. The van der Waals surface area contributed by atoms with Crippen molar-refractivity contribution in [1.82, 2.24) is 20.1 Å². The summed E-state index contributed by atoms with van der Waals surface area (Å²) >= 11 is 0. The fourth-order valence-electron chi connectivity index (χ4n) is 6.59. The van der Waals surface area contributed by atoms with Crippen molar-refractivity contribution in [3.63, 3.8) is 0 Å². The number of pyridine rings is 1. The van der Waals surface area contributed by atoms with Gasteiger partial charge in [-0.25, -0.2) is 0 Å². The Bertz CT molecular complexity index is 1400. The average molecular weight is 591 g/mol. The molecule has 2 aliphatic rings. The molecule has 4 N–H and O–H groups in total. The van der Waals surface area contributed by atoms with E-state index in [0.717, 1.165) is 31.2 Å². The molecule has 1 saturated heterocycles. The number of amides is 1. The molecular formula is C34H46N4O5. The average Bonchev–Trinajstić information content (AvgIpc) is 3.61. The van der Waals surface area contributed by atoms with E-state index in [1.54, 1.807) is 24.1 Å². The minimum atomic E-state index is -0.839. The largest absolute Gasteiger partial charge is 0.506 e. The van der Waals surface area contributed by atoms with Gasteiger partial charge in [0.2, 0.25) is 11.5 Å². The summed E-state index contributed by atoms with van der Waals surface area (Å²) in [5.41, 5.74) is 3.24. The normalized spacial score (nSPS) is 19.1. The fraction of sp³-hybridized carbons (Fsp3) is 0.529. The molecule has 2 fully saturated rings. The molecule has 232 valence electrons. The first kappa shape index (κ1) is 31.2. The first-order valence-electron chi connectivity index (χ1n) is 15.7. The number of likely N-dealkylation sites (tertiary alicyclic amines) is 1. The predicted molar refractivity (Wildman–Crippen MR) is 168 cm³/mol. The molecule has 3 atom stereocenters. The number of aliphatic hydroxyl groups is 1. The number of aromatic amines is 1. The topological polar surface area (TPSA) is 118 Å². The fourth-order valence-corrected chi connectivity index (χ4v) is 6.59. The summed E-state index contributed by atoms with van der Waals surface area (Å²) in [4.78, 5) is 31.0. The molecule has 1 aliphatic carbocycles. The maximum absolute atomic E-state index is 12.5. The van der Waals surface area contributed by atoms with Crippen molar-refractivity contribution in [1.29, 1.82) is 0 Å². The van der Waals surface area contributed by atoms with Gasteiger partial charge in [0, 0.05) is 57.8 Å². The summed E-state index contributed by atoms with van der Waals surface area (Å²) in [6.07, 6.45) is 5.73. The number of carbonyl (C=O) groups excluding carboxylic acids is 1. The molecule has 0 bridgehead atoms. The van der Waals surface area contributed by atoms with E-state index in [0.29, 0.717) is 49.2 Å². The minimum absolute atomic E-state index is 0.0156. The minimum Gasteiger partial charge on any atom is -0.506 e. The molecule has 3 aromatic rings. The van der Waals surface area contributed by atoms with Gasteiger partial charge in [0.1, 0.15) is 5.75 Å². The van der Waals surface area contributed by atoms with Gasteiger partial charge in [-0.3, -0.25) is 9.59 Å². The number of nitrogens with zero attached hydrogens (tertiary/aromatic N) is 2. The van der Waals surface area contributed by atoms with Crippen LogP contribution in [-0.4, -0.2) is 90.4 Å². The maximum Gasteiger partial charge on any atom is 0.248 e. The number of hydrogen-bond acceptors (Lipinski definition) is 7. The van der Waals surface area contributed by atoms with E-state index in [4.69, 9.17) is 4.74 Å². The molecule has 9 nitrogen and oxygen atoms in total. The molecule has 1 amide bonds. The zero-order valence-corrected chi connectivity index (χ0v) is 25.3. The van der Waals surface area contributed by atoms with Crippen molar-refractivity contribution in [2.24, 2.45) is 11.8 Å². The zero-order chi connectivity index (χ0) is 30.2. The highest BCUT2D eigenvalue weighted by Gasteiger charge is 2.35. The number of rotatable bonds is 15. The molecule has 1 aliphatic heterocycles. The van der Waals surface area contributed by atoms with Crippen LogP contribution in [0.1, 0.15) is 48.5 Å². The van der Waals surface area contributed by atoms with Crippen LogP contribution in [0.15, 0.2) is 53.3 Å². The number of hydrogen-bond donors (Lipinski definition) is 4. The number of nitrogens with one attached hydrogen (secondary N) is 2. The second-order valence-corrected chi connectivity index (χ2v) is 12.2. The Balaban J connectivity index is 0.922. The van der Waals surface area contributed by atoms with Crippen molar-refractivity contribution < 1.29 is 19.7 Å². The van der Waals surface area contributed by atoms with Crippen molar-refractivity contribution in [3.05, 3.63) is 75.6 Å². The standard InChI is InChI=1S/C34H46N4O5/c1-37(18-16-35-21-31(40)28-9-11-30(39)34-29(28)10-12-32(41)36-34)33(42)15-20-43-19-14-25-7-5-24(6-8-25)13-17-38-22-26-3-2-4-27(26)23-38/h5-12,26-27,31,35,39-40H,2-4,13-23H2,1H3,(H,36,41)/t26-,27?,31+/m1/s1. The Morgan fingerprint density at radius 3 is 2.51 bits per heavy atom. The molecule has 0 spiro atoms. The van der Waals surface area contributed by atoms with Crippen molar-refractivity contribution in [2.75, 3.05) is 59.5 Å². The van der Waals surface area contributed by atoms with Crippen LogP contribution < -0.4 is 10.9 Å². The van der Waals surface area contributed by atoms with Crippen LogP contribution in [0.25, 0.3) is 10.9 Å². The lowest BCUT2D eigenvalue weighted by Gasteiger charge is -2.19. The van der Waals surface area contributed by atoms with Gasteiger partial charge in [0.15, 0.2) is 0 Å². The number of likely N-dealkylation sites (N-methyl/N-ethyl adjacent to an activating group) is 1. The molecule has 2 aromatic carbocycles. The Labute approximate surface area is 253 Å². The number of aliphatic hydroxyl groups excluding tert-OH is 1. The summed E-state index contributed by atoms with van der Waals surface area (Å²) in [6.45, 7) is 6.02. The van der Waals surface area contributed by atoms with Gasteiger partial charge in [-0.2, -0.15) is 0 Å². The van der Waals surface area contributed by atoms with Crippen molar-refractivity contribution in [3.8, 4) is 5.75 Å². The molecule has 1 saturated carbocycles. The van der Waals surface area contributed by atoms with Crippen LogP contribution in [0.4, 0.5) is 0 Å². The summed E-state index contributed by atoms with van der Waals surface area (Å²) in [5.74, 6) is 1.88. The van der Waals surface area contributed by atoms with Gasteiger partial charge in [0.25, 0.3) is 0 Å². The van der Waals surface area contributed by atoms with Gasteiger partial charge in [-0.1, -0.05) is 36.8 Å². The lowest BCUT2D eigenvalue weighted by atomic mass is 10.0. The number of phenolic OH excluding ortho intramolecular Hbond substituents is 1. The maximum atomic E-state index is 12.5. The Hall–Kier alpha value is -3.24. The predicted octanol–water partition coefficient (Wildman–Crippen LogP) is 3.24. The number of H-pyrrole nitrogens is 1. The van der Waals surface area contributed by atoms with E-state index in [9.17, 15) is 19.8 Å². The summed E-state index contributed by atoms with van der Waals surface area (Å²) < 4.78 is 5.75. The Kier molecular flexibility index (Phi) is 10.9. The number of fused-ring (bicyclic) bond motifs is 2. The molecular weight excluding hydrogens is 544 g/mol. The van der Waals surface area contributed by atoms with Crippen molar-refractivity contribution >= 4 is 16.8 Å². The highest BCUT2D eigenvalue weighted by atomic mass is 16.5. The second kappa shape index (κ2) is 15.0. The Morgan fingerprint density at radius 2 is 1.77 bits per heavy atom. The molecule has 43 heavy (non-hydrogen) atoms. The molecule has 1 aromatic heterocycles. The zero-order valence-electron chi connectivity index (χ0n) is 25.3. The van der Waals surface area contributed by atoms with Gasteiger partial charge in [-0.15, -0.1) is 0 Å². The quantitative estimate of drug-likeness (QED) is 0.201. The third-order valence-electron chi connectivity index (χ3n) is 9.19.